The zero-order valence-electron chi connectivity index (χ0n) is 18.2. The number of para-hydroxylation sites is 1. The van der Waals surface area contributed by atoms with E-state index >= 15 is 0 Å². The van der Waals surface area contributed by atoms with Crippen LogP contribution in [0.15, 0.2) is 71.4 Å². The molecule has 8 nitrogen and oxygen atoms in total. The van der Waals surface area contributed by atoms with E-state index in [1.807, 2.05) is 36.4 Å². The minimum absolute atomic E-state index is 0.135. The molecule has 5 rings (SSSR count). The Hall–Kier alpha value is -3.04. The first-order valence-corrected chi connectivity index (χ1v) is 12.6. The highest BCUT2D eigenvalue weighted by Crippen LogP contribution is 2.34. The molecule has 0 unspecified atom stereocenters. The second-order valence-electron chi connectivity index (χ2n) is 8.42. The summed E-state index contributed by atoms with van der Waals surface area (Å²) in [7, 11) is -3.85. The van der Waals surface area contributed by atoms with Crippen LogP contribution in [0.4, 0.5) is 10.5 Å². The molecule has 0 aromatic heterocycles. The molecule has 1 aromatic rings. The van der Waals surface area contributed by atoms with Crippen molar-refractivity contribution >= 4 is 21.8 Å². The number of carbonyl (C=O) groups excluding carboxylic acids is 1. The summed E-state index contributed by atoms with van der Waals surface area (Å²) in [6.45, 7) is 0.802. The van der Waals surface area contributed by atoms with E-state index in [9.17, 15) is 13.2 Å². The first-order chi connectivity index (χ1) is 16.0. The lowest BCUT2D eigenvalue weighted by atomic mass is 10.0. The van der Waals surface area contributed by atoms with Crippen LogP contribution in [0, 0.1) is 0 Å². The Kier molecular flexibility index (Phi) is 5.99. The van der Waals surface area contributed by atoms with Gasteiger partial charge in [0.05, 0.1) is 5.69 Å². The Morgan fingerprint density at radius 2 is 1.91 bits per heavy atom. The van der Waals surface area contributed by atoms with Crippen molar-refractivity contribution in [2.24, 2.45) is 0 Å². The van der Waals surface area contributed by atoms with Crippen LogP contribution in [0.25, 0.3) is 0 Å². The highest BCUT2D eigenvalue weighted by molar-refractivity contribution is 7.92. The summed E-state index contributed by atoms with van der Waals surface area (Å²) in [6, 6.07) is 7.51. The van der Waals surface area contributed by atoms with E-state index < -0.39 is 10.0 Å². The summed E-state index contributed by atoms with van der Waals surface area (Å²) in [5, 5.41) is -0.201. The van der Waals surface area contributed by atoms with E-state index in [0.717, 1.165) is 30.4 Å². The van der Waals surface area contributed by atoms with Crippen molar-refractivity contribution in [3.8, 4) is 0 Å². The minimum Gasteiger partial charge on any atom is -0.464 e. The normalized spacial score (nSPS) is 21.8. The number of rotatable bonds is 5. The predicted molar refractivity (Wildman–Crippen MR) is 122 cm³/mol. The molecule has 0 spiro atoms. The third-order valence-electron chi connectivity index (χ3n) is 6.28. The number of benzene rings is 1. The molecule has 1 aromatic carbocycles. The maximum absolute atomic E-state index is 13.2. The lowest BCUT2D eigenvalue weighted by Gasteiger charge is -2.39. The Morgan fingerprint density at radius 3 is 2.70 bits per heavy atom. The minimum atomic E-state index is -3.85. The topological polar surface area (TPSA) is 85.4 Å². The fraction of sp³-hybridized carbons (Fsp3) is 0.375. The fourth-order valence-corrected chi connectivity index (χ4v) is 5.88. The van der Waals surface area contributed by atoms with Gasteiger partial charge >= 0.3 is 6.09 Å². The number of carbonyl (C=O) groups is 1. The van der Waals surface area contributed by atoms with Gasteiger partial charge in [-0.15, -0.1) is 0 Å². The van der Waals surface area contributed by atoms with Crippen molar-refractivity contribution in [1.29, 1.82) is 0 Å². The van der Waals surface area contributed by atoms with Gasteiger partial charge < -0.3 is 14.2 Å². The number of sulfonamides is 1. The number of amides is 1. The molecule has 0 bridgehead atoms. The van der Waals surface area contributed by atoms with Gasteiger partial charge in [0.15, 0.2) is 0 Å². The van der Waals surface area contributed by atoms with Crippen LogP contribution in [-0.2, 0) is 30.8 Å². The van der Waals surface area contributed by atoms with Crippen LogP contribution in [0.2, 0.25) is 0 Å². The van der Waals surface area contributed by atoms with Gasteiger partial charge in [0, 0.05) is 31.1 Å². The number of allylic oxidation sites excluding steroid dienone is 4. The molecule has 33 heavy (non-hydrogen) atoms. The molecule has 1 aliphatic carbocycles. The quantitative estimate of drug-likeness (QED) is 0.638. The van der Waals surface area contributed by atoms with Crippen molar-refractivity contribution in [3.05, 3.63) is 77.0 Å². The summed E-state index contributed by atoms with van der Waals surface area (Å²) in [4.78, 5) is 14.2. The highest BCUT2D eigenvalue weighted by atomic mass is 32.2. The molecular formula is C24H26N2O6S. The van der Waals surface area contributed by atoms with Crippen molar-refractivity contribution in [2.75, 3.05) is 18.0 Å². The molecule has 0 saturated carbocycles. The van der Waals surface area contributed by atoms with E-state index in [-0.39, 0.29) is 36.9 Å². The molecule has 9 heteroatoms. The predicted octanol–water partition coefficient (Wildman–Crippen LogP) is 4.29. The van der Waals surface area contributed by atoms with Crippen molar-refractivity contribution < 1.29 is 27.4 Å². The van der Waals surface area contributed by atoms with Crippen LogP contribution in [0.1, 0.15) is 37.7 Å². The number of hydrogen-bond donors (Lipinski definition) is 0. The second-order valence-corrected chi connectivity index (χ2v) is 10.3. The number of nitrogens with zero attached hydrogens (tertiary/aromatic N) is 2. The van der Waals surface area contributed by atoms with Gasteiger partial charge in [-0.1, -0.05) is 42.0 Å². The molecule has 174 valence electrons. The van der Waals surface area contributed by atoms with E-state index in [1.54, 1.807) is 4.90 Å². The van der Waals surface area contributed by atoms with E-state index in [0.29, 0.717) is 25.0 Å². The third kappa shape index (κ3) is 4.43. The molecule has 3 heterocycles. The van der Waals surface area contributed by atoms with Gasteiger partial charge in [-0.3, -0.25) is 4.90 Å². The van der Waals surface area contributed by atoms with Crippen molar-refractivity contribution in [2.45, 2.75) is 44.8 Å². The van der Waals surface area contributed by atoms with Crippen LogP contribution in [0.3, 0.4) is 0 Å². The molecule has 0 atom stereocenters. The SMILES string of the molecule is O=C1OCc2ccccc2N1C1CCN(S(=O)(=O)C2=COC=C(CC3=CC=CCC3)O2)CC1. The van der Waals surface area contributed by atoms with Crippen molar-refractivity contribution in [3.63, 3.8) is 0 Å². The summed E-state index contributed by atoms with van der Waals surface area (Å²) < 4.78 is 44.2. The fourth-order valence-electron chi connectivity index (χ4n) is 4.55. The largest absolute Gasteiger partial charge is 0.464 e. The van der Waals surface area contributed by atoms with Gasteiger partial charge in [-0.25, -0.2) is 13.2 Å². The number of ether oxygens (including phenoxy) is 3. The van der Waals surface area contributed by atoms with Crippen LogP contribution >= 0.6 is 0 Å². The van der Waals surface area contributed by atoms with Gasteiger partial charge in [0.2, 0.25) is 0 Å². The maximum atomic E-state index is 13.2. The van der Waals surface area contributed by atoms with Crippen molar-refractivity contribution in [1.82, 2.24) is 4.31 Å². The van der Waals surface area contributed by atoms with Gasteiger partial charge in [0.1, 0.15) is 24.9 Å². The summed E-state index contributed by atoms with van der Waals surface area (Å²) in [5.74, 6) is 0.472. The molecule has 0 N–H and O–H groups in total. The Labute approximate surface area is 193 Å². The van der Waals surface area contributed by atoms with Crippen LogP contribution < -0.4 is 4.90 Å². The third-order valence-corrected chi connectivity index (χ3v) is 8.01. The van der Waals surface area contributed by atoms with E-state index in [2.05, 4.69) is 6.08 Å². The lowest BCUT2D eigenvalue weighted by molar-refractivity contribution is 0.135. The first-order valence-electron chi connectivity index (χ1n) is 11.1. The number of hydrogen-bond acceptors (Lipinski definition) is 6. The molecule has 3 aliphatic heterocycles. The zero-order valence-corrected chi connectivity index (χ0v) is 19.0. The number of piperidine rings is 1. The number of cyclic esters (lactones) is 1. The number of anilines is 1. The summed E-state index contributed by atoms with van der Waals surface area (Å²) in [5.41, 5.74) is 2.96. The standard InChI is InChI=1S/C24H26N2O6S/c27-24-26(22-9-5-4-8-19(22)15-31-24)20-10-12-25(13-11-20)33(28,29)23-17-30-16-21(32-23)14-18-6-2-1-3-7-18/h1-2,4-6,8-9,16-17,20H,3,7,10-15H2. The second kappa shape index (κ2) is 9.07. The monoisotopic (exact) mass is 470 g/mol. The summed E-state index contributed by atoms with van der Waals surface area (Å²) in [6.07, 6.45) is 11.7. The van der Waals surface area contributed by atoms with Gasteiger partial charge in [0.25, 0.3) is 15.1 Å². The first kappa shape index (κ1) is 21.8. The smallest absolute Gasteiger partial charge is 0.414 e. The average molecular weight is 471 g/mol. The molecular weight excluding hydrogens is 444 g/mol. The average Bonchev–Trinajstić information content (AvgIpc) is 2.85. The molecule has 1 saturated heterocycles. The molecule has 4 aliphatic rings. The lowest BCUT2D eigenvalue weighted by Crippen LogP contribution is -2.50. The Morgan fingerprint density at radius 1 is 1.09 bits per heavy atom. The zero-order chi connectivity index (χ0) is 22.8. The Balaban J connectivity index is 1.24. The molecule has 0 radical (unpaired) electrons. The molecule has 1 amide bonds. The van der Waals surface area contributed by atoms with E-state index in [1.165, 1.54) is 16.1 Å². The van der Waals surface area contributed by atoms with E-state index in [4.69, 9.17) is 14.2 Å². The molecule has 1 fully saturated rings. The van der Waals surface area contributed by atoms with Crippen LogP contribution in [-0.4, -0.2) is 37.9 Å². The highest BCUT2D eigenvalue weighted by Gasteiger charge is 2.39. The van der Waals surface area contributed by atoms with Crippen LogP contribution in [0.5, 0.6) is 0 Å². The van der Waals surface area contributed by atoms with Gasteiger partial charge in [-0.05, 0) is 31.7 Å². The number of fused-ring (bicyclic) bond motifs is 1. The Bertz CT molecular complexity index is 1160. The van der Waals surface area contributed by atoms with Gasteiger partial charge in [-0.2, -0.15) is 4.31 Å². The summed E-state index contributed by atoms with van der Waals surface area (Å²) >= 11 is 0. The maximum Gasteiger partial charge on any atom is 0.414 e.